The van der Waals surface area contributed by atoms with E-state index in [1.54, 1.807) is 11.8 Å². The number of benzene rings is 2. The van der Waals surface area contributed by atoms with Crippen molar-refractivity contribution in [2.45, 2.75) is 22.5 Å². The van der Waals surface area contributed by atoms with Crippen LogP contribution in [0.2, 0.25) is 0 Å². The van der Waals surface area contributed by atoms with Crippen LogP contribution >= 0.6 is 21.2 Å². The zero-order valence-electron chi connectivity index (χ0n) is 16.3. The second-order valence-electron chi connectivity index (χ2n) is 6.54. The molecule has 0 aliphatic heterocycles. The van der Waals surface area contributed by atoms with Crippen LogP contribution in [0.15, 0.2) is 81.5 Å². The molecule has 0 spiro atoms. The Morgan fingerprint density at radius 2 is 1.82 bits per heavy atom. The van der Waals surface area contributed by atoms with Crippen LogP contribution in [0.25, 0.3) is 5.70 Å². The summed E-state index contributed by atoms with van der Waals surface area (Å²) >= 11 is 1.75. The van der Waals surface area contributed by atoms with E-state index in [2.05, 4.69) is 59.5 Å². The molecule has 1 aromatic heterocycles. The molecular weight excluding hydrogens is 384 g/mol. The van der Waals surface area contributed by atoms with Crippen LogP contribution in [0.4, 0.5) is 5.69 Å². The Morgan fingerprint density at radius 3 is 2.54 bits per heavy atom. The fraction of sp³-hybridized carbons (Fsp3) is 0.130. The SMILES string of the molecule is C=C(Nc1ccc(C)c(S(=C)(=C)NC)c1)c1ccc(CSc2ccccc2)o1. The minimum absolute atomic E-state index is 0.726. The average Bonchev–Trinajstić information content (AvgIpc) is 3.18. The molecule has 3 aromatic rings. The third kappa shape index (κ3) is 4.93. The highest BCUT2D eigenvalue weighted by Crippen LogP contribution is 2.33. The van der Waals surface area contributed by atoms with Crippen molar-refractivity contribution in [3.63, 3.8) is 0 Å². The summed E-state index contributed by atoms with van der Waals surface area (Å²) in [6.45, 7) is 6.21. The smallest absolute Gasteiger partial charge is 0.149 e. The highest BCUT2D eigenvalue weighted by Gasteiger charge is 2.09. The van der Waals surface area contributed by atoms with Crippen LogP contribution < -0.4 is 10.0 Å². The first-order valence-corrected chi connectivity index (χ1v) is 11.9. The molecule has 3 nitrogen and oxygen atoms in total. The van der Waals surface area contributed by atoms with E-state index in [4.69, 9.17) is 4.42 Å². The lowest BCUT2D eigenvalue weighted by Crippen LogP contribution is -2.04. The van der Waals surface area contributed by atoms with Crippen molar-refractivity contribution >= 4 is 44.3 Å². The van der Waals surface area contributed by atoms with Gasteiger partial charge in [-0.3, -0.25) is 4.72 Å². The topological polar surface area (TPSA) is 37.2 Å². The number of nitrogens with one attached hydrogen (secondary N) is 2. The lowest BCUT2D eigenvalue weighted by molar-refractivity contribution is 0.518. The second-order valence-corrected chi connectivity index (χ2v) is 10.2. The van der Waals surface area contributed by atoms with Gasteiger partial charge in [0.15, 0.2) is 0 Å². The number of anilines is 1. The summed E-state index contributed by atoms with van der Waals surface area (Å²) < 4.78 is 9.20. The van der Waals surface area contributed by atoms with E-state index in [9.17, 15) is 0 Å². The summed E-state index contributed by atoms with van der Waals surface area (Å²) in [5.74, 6) is 10.9. The van der Waals surface area contributed by atoms with Gasteiger partial charge in [-0.15, -0.1) is 21.2 Å². The van der Waals surface area contributed by atoms with E-state index in [1.165, 1.54) is 10.5 Å². The molecule has 0 saturated carbocycles. The molecule has 0 aliphatic rings. The van der Waals surface area contributed by atoms with Crippen LogP contribution in [0, 0.1) is 6.92 Å². The lowest BCUT2D eigenvalue weighted by atomic mass is 10.2. The monoisotopic (exact) mass is 410 g/mol. The molecule has 5 heteroatoms. The van der Waals surface area contributed by atoms with Gasteiger partial charge in [-0.05, 0) is 55.9 Å². The van der Waals surface area contributed by atoms with Crippen LogP contribution in [0.1, 0.15) is 17.1 Å². The number of furan rings is 1. The van der Waals surface area contributed by atoms with Gasteiger partial charge in [0, 0.05) is 15.5 Å². The van der Waals surface area contributed by atoms with Crippen LogP contribution in [0.5, 0.6) is 0 Å². The van der Waals surface area contributed by atoms with Crippen LogP contribution in [0.3, 0.4) is 0 Å². The van der Waals surface area contributed by atoms with Gasteiger partial charge in [-0.25, -0.2) is 0 Å². The molecule has 2 aromatic carbocycles. The minimum Gasteiger partial charge on any atom is -0.459 e. The van der Waals surface area contributed by atoms with E-state index in [1.807, 2.05) is 43.4 Å². The number of thioether (sulfide) groups is 1. The Balaban J connectivity index is 1.69. The zero-order valence-corrected chi connectivity index (χ0v) is 18.0. The first-order valence-electron chi connectivity index (χ1n) is 8.90. The van der Waals surface area contributed by atoms with Crippen molar-refractivity contribution in [3.8, 4) is 0 Å². The minimum atomic E-state index is -1.53. The maximum atomic E-state index is 5.97. The molecule has 0 radical (unpaired) electrons. The molecule has 3 rings (SSSR count). The van der Waals surface area contributed by atoms with Crippen molar-refractivity contribution in [1.29, 1.82) is 0 Å². The standard InChI is InChI=1S/C23H26N2OS2/c1-17-11-12-19(15-23(17)28(4,5)24-3)25-18(2)22-14-13-20(26-22)16-27-21-9-7-6-8-10-21/h6-15,24-25H,2,4-5,16H2,1,3H3. The predicted molar refractivity (Wildman–Crippen MR) is 128 cm³/mol. The third-order valence-corrected chi connectivity index (χ3v) is 7.48. The van der Waals surface area contributed by atoms with Crippen molar-refractivity contribution in [2.24, 2.45) is 0 Å². The summed E-state index contributed by atoms with van der Waals surface area (Å²) in [5, 5.41) is 3.34. The predicted octanol–water partition coefficient (Wildman–Crippen LogP) is 6.13. The van der Waals surface area contributed by atoms with Crippen molar-refractivity contribution in [1.82, 2.24) is 4.72 Å². The van der Waals surface area contributed by atoms with Gasteiger partial charge in [-0.1, -0.05) is 42.6 Å². The maximum absolute atomic E-state index is 5.97. The van der Waals surface area contributed by atoms with Gasteiger partial charge in [0.1, 0.15) is 11.5 Å². The molecule has 0 unspecified atom stereocenters. The molecule has 0 fully saturated rings. The number of aryl methyl sites for hydroxylation is 1. The first kappa shape index (κ1) is 20.4. The molecule has 0 aliphatic carbocycles. The quantitative estimate of drug-likeness (QED) is 0.346. The lowest BCUT2D eigenvalue weighted by Gasteiger charge is -2.18. The van der Waals surface area contributed by atoms with Gasteiger partial charge >= 0.3 is 0 Å². The maximum Gasteiger partial charge on any atom is 0.149 e. The third-order valence-electron chi connectivity index (χ3n) is 4.38. The summed E-state index contributed by atoms with van der Waals surface area (Å²) in [5.41, 5.74) is 2.84. The summed E-state index contributed by atoms with van der Waals surface area (Å²) in [6.07, 6.45) is 0. The largest absolute Gasteiger partial charge is 0.459 e. The highest BCUT2D eigenvalue weighted by atomic mass is 32.2. The fourth-order valence-electron chi connectivity index (χ4n) is 2.73. The van der Waals surface area contributed by atoms with Gasteiger partial charge < -0.3 is 9.73 Å². The molecule has 28 heavy (non-hydrogen) atoms. The van der Waals surface area contributed by atoms with Gasteiger partial charge in [-0.2, -0.15) is 0 Å². The summed E-state index contributed by atoms with van der Waals surface area (Å²) in [7, 11) is 0.367. The van der Waals surface area contributed by atoms with Gasteiger partial charge in [0.05, 0.1) is 11.4 Å². The Hall–Kier alpha value is -2.34. The van der Waals surface area contributed by atoms with Crippen LogP contribution in [-0.2, 0) is 5.75 Å². The van der Waals surface area contributed by atoms with Crippen molar-refractivity contribution in [3.05, 3.63) is 84.3 Å². The Morgan fingerprint density at radius 1 is 1.07 bits per heavy atom. The summed E-state index contributed by atoms with van der Waals surface area (Å²) in [6, 6.07) is 20.4. The average molecular weight is 411 g/mol. The van der Waals surface area contributed by atoms with Gasteiger partial charge in [0.2, 0.25) is 0 Å². The van der Waals surface area contributed by atoms with E-state index in [0.29, 0.717) is 0 Å². The molecule has 0 atom stereocenters. The van der Waals surface area contributed by atoms with E-state index in [0.717, 1.165) is 33.6 Å². The number of hydrogen-bond acceptors (Lipinski definition) is 4. The molecule has 0 amide bonds. The van der Waals surface area contributed by atoms with E-state index < -0.39 is 9.39 Å². The van der Waals surface area contributed by atoms with Crippen molar-refractivity contribution in [2.75, 3.05) is 12.4 Å². The number of hydrogen-bond donors (Lipinski definition) is 2. The van der Waals surface area contributed by atoms with Gasteiger partial charge in [0.25, 0.3) is 0 Å². The fourth-order valence-corrected chi connectivity index (χ4v) is 4.80. The van der Waals surface area contributed by atoms with Crippen molar-refractivity contribution < 1.29 is 4.42 Å². The Labute approximate surface area is 172 Å². The summed E-state index contributed by atoms with van der Waals surface area (Å²) in [4.78, 5) is 2.34. The molecule has 0 bridgehead atoms. The Kier molecular flexibility index (Phi) is 6.39. The Bertz CT molecular complexity index is 1070. The first-order chi connectivity index (χ1) is 13.4. The number of rotatable bonds is 8. The normalized spacial score (nSPS) is 11.4. The molecule has 0 saturated heterocycles. The zero-order chi connectivity index (χ0) is 20.1. The van der Waals surface area contributed by atoms with Crippen LogP contribution in [-0.4, -0.2) is 18.8 Å². The van der Waals surface area contributed by atoms with E-state index >= 15 is 0 Å². The molecular formula is C23H26N2OS2. The molecule has 146 valence electrons. The van der Waals surface area contributed by atoms with E-state index in [-0.39, 0.29) is 0 Å². The second kappa shape index (κ2) is 8.78. The molecule has 1 heterocycles. The molecule has 2 N–H and O–H groups in total. The highest BCUT2D eigenvalue weighted by molar-refractivity contribution is 8.26.